The number of nitrogens with zero attached hydrogens (tertiary/aromatic N) is 1. The molecule has 0 spiro atoms. The molecule has 0 saturated carbocycles. The van der Waals surface area contributed by atoms with E-state index in [2.05, 4.69) is 4.90 Å². The molecule has 3 heteroatoms. The summed E-state index contributed by atoms with van der Waals surface area (Å²) in [6.45, 7) is 3.85. The highest BCUT2D eigenvalue weighted by atomic mass is 19.1. The van der Waals surface area contributed by atoms with Crippen LogP contribution in [0.5, 0.6) is 0 Å². The summed E-state index contributed by atoms with van der Waals surface area (Å²) in [7, 11) is 1.97. The molecular formula is C11H17FN2. The largest absolute Gasteiger partial charge is 0.326 e. The Morgan fingerprint density at radius 3 is 2.57 bits per heavy atom. The Morgan fingerprint density at radius 1 is 1.36 bits per heavy atom. The van der Waals surface area contributed by atoms with Gasteiger partial charge in [-0.2, -0.15) is 0 Å². The molecule has 0 aliphatic rings. The Kier molecular flexibility index (Phi) is 4.04. The van der Waals surface area contributed by atoms with E-state index in [0.29, 0.717) is 12.1 Å². The summed E-state index contributed by atoms with van der Waals surface area (Å²) in [5.74, 6) is -0.157. The smallest absolute Gasteiger partial charge is 0.132 e. The molecule has 0 unspecified atom stereocenters. The molecule has 1 rings (SSSR count). The minimum atomic E-state index is -0.157. The van der Waals surface area contributed by atoms with Gasteiger partial charge >= 0.3 is 0 Å². The van der Waals surface area contributed by atoms with Crippen molar-refractivity contribution >= 4 is 0 Å². The average molecular weight is 196 g/mol. The third kappa shape index (κ3) is 2.53. The van der Waals surface area contributed by atoms with E-state index in [0.717, 1.165) is 12.1 Å². The predicted octanol–water partition coefficient (Wildman–Crippen LogP) is 1.74. The van der Waals surface area contributed by atoms with Gasteiger partial charge in [-0.25, -0.2) is 4.39 Å². The van der Waals surface area contributed by atoms with Crippen molar-refractivity contribution in [3.63, 3.8) is 0 Å². The highest BCUT2D eigenvalue weighted by Gasteiger charge is 2.07. The molecule has 0 amide bonds. The van der Waals surface area contributed by atoms with Gasteiger partial charge in [0, 0.05) is 24.2 Å². The van der Waals surface area contributed by atoms with Crippen molar-refractivity contribution in [2.45, 2.75) is 20.0 Å². The highest BCUT2D eigenvalue weighted by Crippen LogP contribution is 2.13. The van der Waals surface area contributed by atoms with Crippen molar-refractivity contribution < 1.29 is 4.39 Å². The average Bonchev–Trinajstić information content (AvgIpc) is 2.21. The van der Waals surface area contributed by atoms with Gasteiger partial charge in [0.05, 0.1) is 0 Å². The topological polar surface area (TPSA) is 29.3 Å². The maximum absolute atomic E-state index is 13.7. The molecular weight excluding hydrogens is 179 g/mol. The Morgan fingerprint density at radius 2 is 2.00 bits per heavy atom. The second-order valence-electron chi connectivity index (χ2n) is 3.42. The molecule has 1 aromatic rings. The second-order valence-corrected chi connectivity index (χ2v) is 3.42. The van der Waals surface area contributed by atoms with Gasteiger partial charge < -0.3 is 10.6 Å². The van der Waals surface area contributed by atoms with Gasteiger partial charge in [-0.3, -0.25) is 0 Å². The molecule has 0 heterocycles. The molecule has 78 valence electrons. The molecule has 0 saturated heterocycles. The van der Waals surface area contributed by atoms with Crippen LogP contribution in [0.2, 0.25) is 0 Å². The van der Waals surface area contributed by atoms with E-state index in [9.17, 15) is 4.39 Å². The molecule has 0 bridgehead atoms. The first-order valence-corrected chi connectivity index (χ1v) is 4.84. The number of rotatable bonds is 4. The van der Waals surface area contributed by atoms with Gasteiger partial charge in [-0.1, -0.05) is 25.1 Å². The van der Waals surface area contributed by atoms with E-state index >= 15 is 0 Å². The van der Waals surface area contributed by atoms with Crippen LogP contribution in [0.15, 0.2) is 18.2 Å². The van der Waals surface area contributed by atoms with Crippen LogP contribution in [0.3, 0.4) is 0 Å². The molecule has 0 aliphatic carbocycles. The van der Waals surface area contributed by atoms with E-state index in [1.165, 1.54) is 0 Å². The first-order valence-electron chi connectivity index (χ1n) is 4.84. The zero-order chi connectivity index (χ0) is 10.6. The molecule has 0 fully saturated rings. The monoisotopic (exact) mass is 196 g/mol. The van der Waals surface area contributed by atoms with Crippen LogP contribution in [-0.2, 0) is 13.1 Å². The van der Waals surface area contributed by atoms with Gasteiger partial charge in [-0.05, 0) is 13.6 Å². The van der Waals surface area contributed by atoms with Crippen LogP contribution < -0.4 is 5.73 Å². The standard InChI is InChI=1S/C11H17FN2/c1-3-14(2)8-10-6-4-5-9(7-13)11(10)12/h4-6H,3,7-8,13H2,1-2H3. The first kappa shape index (κ1) is 11.1. The maximum Gasteiger partial charge on any atom is 0.132 e. The highest BCUT2D eigenvalue weighted by molar-refractivity contribution is 5.25. The Labute approximate surface area is 84.5 Å². The number of hydrogen-bond donors (Lipinski definition) is 1. The Bertz CT molecular complexity index is 299. The van der Waals surface area contributed by atoms with Gasteiger partial charge in [0.25, 0.3) is 0 Å². The fourth-order valence-electron chi connectivity index (χ4n) is 1.32. The third-order valence-electron chi connectivity index (χ3n) is 2.36. The lowest BCUT2D eigenvalue weighted by Gasteiger charge is -2.15. The third-order valence-corrected chi connectivity index (χ3v) is 2.36. The van der Waals surface area contributed by atoms with Gasteiger partial charge in [0.2, 0.25) is 0 Å². The lowest BCUT2D eigenvalue weighted by atomic mass is 10.1. The summed E-state index contributed by atoms with van der Waals surface area (Å²) in [5.41, 5.74) is 6.74. The maximum atomic E-state index is 13.7. The number of benzene rings is 1. The van der Waals surface area contributed by atoms with Gasteiger partial charge in [0.15, 0.2) is 0 Å². The minimum absolute atomic E-state index is 0.157. The van der Waals surface area contributed by atoms with E-state index in [1.807, 2.05) is 20.0 Å². The van der Waals surface area contributed by atoms with Crippen LogP contribution in [0.1, 0.15) is 18.1 Å². The summed E-state index contributed by atoms with van der Waals surface area (Å²) in [6.07, 6.45) is 0. The summed E-state index contributed by atoms with van der Waals surface area (Å²) < 4.78 is 13.7. The molecule has 1 aromatic carbocycles. The molecule has 0 radical (unpaired) electrons. The fourth-order valence-corrected chi connectivity index (χ4v) is 1.32. The minimum Gasteiger partial charge on any atom is -0.326 e. The van der Waals surface area contributed by atoms with Crippen LogP contribution in [0, 0.1) is 5.82 Å². The second kappa shape index (κ2) is 5.08. The van der Waals surface area contributed by atoms with Crippen LogP contribution in [0.4, 0.5) is 4.39 Å². The molecule has 0 aliphatic heterocycles. The summed E-state index contributed by atoms with van der Waals surface area (Å²) in [5, 5.41) is 0. The number of nitrogens with two attached hydrogens (primary N) is 1. The number of hydrogen-bond acceptors (Lipinski definition) is 2. The Balaban J connectivity index is 2.86. The van der Waals surface area contributed by atoms with Crippen LogP contribution in [0.25, 0.3) is 0 Å². The van der Waals surface area contributed by atoms with Crippen LogP contribution in [-0.4, -0.2) is 18.5 Å². The van der Waals surface area contributed by atoms with E-state index in [-0.39, 0.29) is 12.4 Å². The fraction of sp³-hybridized carbons (Fsp3) is 0.455. The Hall–Kier alpha value is -0.930. The molecule has 0 aromatic heterocycles. The van der Waals surface area contributed by atoms with Crippen molar-refractivity contribution in [1.82, 2.24) is 4.90 Å². The molecule has 2 N–H and O–H groups in total. The molecule has 2 nitrogen and oxygen atoms in total. The van der Waals surface area contributed by atoms with Crippen molar-refractivity contribution in [1.29, 1.82) is 0 Å². The number of halogens is 1. The van der Waals surface area contributed by atoms with Crippen molar-refractivity contribution in [3.05, 3.63) is 35.1 Å². The van der Waals surface area contributed by atoms with Crippen molar-refractivity contribution in [3.8, 4) is 0 Å². The lowest BCUT2D eigenvalue weighted by Crippen LogP contribution is -2.18. The van der Waals surface area contributed by atoms with Crippen molar-refractivity contribution in [2.75, 3.05) is 13.6 Å². The van der Waals surface area contributed by atoms with E-state index < -0.39 is 0 Å². The summed E-state index contributed by atoms with van der Waals surface area (Å²) in [6, 6.07) is 5.38. The normalized spacial score (nSPS) is 10.9. The predicted molar refractivity (Wildman–Crippen MR) is 56.3 cm³/mol. The summed E-state index contributed by atoms with van der Waals surface area (Å²) >= 11 is 0. The first-order chi connectivity index (χ1) is 6.69. The SMILES string of the molecule is CCN(C)Cc1cccc(CN)c1F. The zero-order valence-electron chi connectivity index (χ0n) is 8.76. The summed E-state index contributed by atoms with van der Waals surface area (Å²) in [4.78, 5) is 2.05. The quantitative estimate of drug-likeness (QED) is 0.794. The van der Waals surface area contributed by atoms with E-state index in [4.69, 9.17) is 5.73 Å². The zero-order valence-corrected chi connectivity index (χ0v) is 8.76. The molecule has 14 heavy (non-hydrogen) atoms. The molecule has 0 atom stereocenters. The lowest BCUT2D eigenvalue weighted by molar-refractivity contribution is 0.339. The van der Waals surface area contributed by atoms with Gasteiger partial charge in [0.1, 0.15) is 5.82 Å². The van der Waals surface area contributed by atoms with Crippen LogP contribution >= 0.6 is 0 Å². The van der Waals surface area contributed by atoms with Crippen molar-refractivity contribution in [2.24, 2.45) is 5.73 Å². The van der Waals surface area contributed by atoms with Gasteiger partial charge in [-0.15, -0.1) is 0 Å². The van der Waals surface area contributed by atoms with E-state index in [1.54, 1.807) is 12.1 Å².